The molecule has 6 heteroatoms. The van der Waals surface area contributed by atoms with E-state index in [1.165, 1.54) is 0 Å². The van der Waals surface area contributed by atoms with Crippen molar-refractivity contribution in [2.24, 2.45) is 0 Å². The van der Waals surface area contributed by atoms with Crippen molar-refractivity contribution in [2.45, 2.75) is 19.4 Å². The predicted molar refractivity (Wildman–Crippen MR) is 99.3 cm³/mol. The SMILES string of the molecule is CN(C)c1ncccc1CNC(=O)CCCOc1cccc(Br)c1. The minimum Gasteiger partial charge on any atom is -0.494 e. The zero-order valence-corrected chi connectivity index (χ0v) is 15.5. The zero-order valence-electron chi connectivity index (χ0n) is 14.0. The number of hydrogen-bond acceptors (Lipinski definition) is 4. The summed E-state index contributed by atoms with van der Waals surface area (Å²) in [5, 5.41) is 2.93. The van der Waals surface area contributed by atoms with E-state index in [4.69, 9.17) is 4.74 Å². The Kier molecular flexibility index (Phi) is 7.06. The molecule has 0 aliphatic rings. The Morgan fingerprint density at radius 2 is 2.12 bits per heavy atom. The summed E-state index contributed by atoms with van der Waals surface area (Å²) in [6.07, 6.45) is 2.86. The molecule has 5 nitrogen and oxygen atoms in total. The largest absolute Gasteiger partial charge is 0.494 e. The third-order valence-electron chi connectivity index (χ3n) is 3.38. The van der Waals surface area contributed by atoms with Gasteiger partial charge in [-0.1, -0.05) is 28.1 Å². The molecular formula is C18H22BrN3O2. The van der Waals surface area contributed by atoms with E-state index in [9.17, 15) is 4.79 Å². The highest BCUT2D eigenvalue weighted by Crippen LogP contribution is 2.18. The fraction of sp³-hybridized carbons (Fsp3) is 0.333. The fourth-order valence-electron chi connectivity index (χ4n) is 2.23. The molecule has 128 valence electrons. The van der Waals surface area contributed by atoms with Crippen LogP contribution in [-0.2, 0) is 11.3 Å². The van der Waals surface area contributed by atoms with Crippen LogP contribution in [0.25, 0.3) is 0 Å². The summed E-state index contributed by atoms with van der Waals surface area (Å²) in [5.41, 5.74) is 1.00. The van der Waals surface area contributed by atoms with Crippen molar-refractivity contribution in [2.75, 3.05) is 25.6 Å². The van der Waals surface area contributed by atoms with Gasteiger partial charge in [0, 0.05) is 43.3 Å². The molecule has 2 rings (SSSR count). The molecule has 1 aromatic heterocycles. The van der Waals surface area contributed by atoms with Crippen molar-refractivity contribution < 1.29 is 9.53 Å². The highest BCUT2D eigenvalue weighted by Gasteiger charge is 2.07. The van der Waals surface area contributed by atoms with Crippen LogP contribution in [0.2, 0.25) is 0 Å². The average Bonchev–Trinajstić information content (AvgIpc) is 2.57. The first-order valence-corrected chi connectivity index (χ1v) is 8.62. The highest BCUT2D eigenvalue weighted by atomic mass is 79.9. The molecule has 1 amide bonds. The van der Waals surface area contributed by atoms with Crippen molar-refractivity contribution in [1.82, 2.24) is 10.3 Å². The van der Waals surface area contributed by atoms with Gasteiger partial charge in [0.25, 0.3) is 0 Å². The van der Waals surface area contributed by atoms with Crippen LogP contribution in [0.1, 0.15) is 18.4 Å². The summed E-state index contributed by atoms with van der Waals surface area (Å²) >= 11 is 3.40. The average molecular weight is 392 g/mol. The van der Waals surface area contributed by atoms with Crippen LogP contribution in [0, 0.1) is 0 Å². The molecule has 1 heterocycles. The highest BCUT2D eigenvalue weighted by molar-refractivity contribution is 9.10. The number of hydrogen-bond donors (Lipinski definition) is 1. The lowest BCUT2D eigenvalue weighted by atomic mass is 10.2. The Balaban J connectivity index is 1.70. The maximum absolute atomic E-state index is 12.0. The normalized spacial score (nSPS) is 10.3. The molecule has 1 N–H and O–H groups in total. The lowest BCUT2D eigenvalue weighted by molar-refractivity contribution is -0.121. The lowest BCUT2D eigenvalue weighted by Gasteiger charge is -2.16. The van der Waals surface area contributed by atoms with E-state index in [2.05, 4.69) is 26.2 Å². The number of amides is 1. The van der Waals surface area contributed by atoms with Crippen LogP contribution in [0.4, 0.5) is 5.82 Å². The molecule has 0 fully saturated rings. The van der Waals surface area contributed by atoms with Crippen molar-refractivity contribution in [3.8, 4) is 5.75 Å². The first kappa shape index (κ1) is 18.3. The van der Waals surface area contributed by atoms with Gasteiger partial charge in [-0.2, -0.15) is 0 Å². The third-order valence-corrected chi connectivity index (χ3v) is 3.87. The third kappa shape index (κ3) is 5.85. The first-order chi connectivity index (χ1) is 11.6. The molecular weight excluding hydrogens is 370 g/mol. The topological polar surface area (TPSA) is 54.5 Å². The van der Waals surface area contributed by atoms with Gasteiger partial charge in [0.1, 0.15) is 11.6 Å². The van der Waals surface area contributed by atoms with Gasteiger partial charge in [-0.15, -0.1) is 0 Å². The number of carbonyl (C=O) groups is 1. The maximum atomic E-state index is 12.0. The van der Waals surface area contributed by atoms with Gasteiger partial charge in [0.05, 0.1) is 6.61 Å². The van der Waals surface area contributed by atoms with Gasteiger partial charge < -0.3 is 15.0 Å². The van der Waals surface area contributed by atoms with Crippen molar-refractivity contribution >= 4 is 27.7 Å². The summed E-state index contributed by atoms with van der Waals surface area (Å²) in [4.78, 5) is 18.2. The summed E-state index contributed by atoms with van der Waals surface area (Å²) in [6, 6.07) is 11.5. The summed E-state index contributed by atoms with van der Waals surface area (Å²) in [7, 11) is 3.87. The number of carbonyl (C=O) groups excluding carboxylic acids is 1. The summed E-state index contributed by atoms with van der Waals surface area (Å²) < 4.78 is 6.60. The minimum absolute atomic E-state index is 0.0152. The van der Waals surface area contributed by atoms with Gasteiger partial charge in [0.2, 0.25) is 5.91 Å². The standard InChI is InChI=1S/C18H22BrN3O2/c1-22(2)18-14(6-4-10-20-18)13-21-17(23)9-5-11-24-16-8-3-7-15(19)12-16/h3-4,6-8,10,12H,5,9,11,13H2,1-2H3,(H,21,23). The number of anilines is 1. The second-order valence-electron chi connectivity index (χ2n) is 5.57. The lowest BCUT2D eigenvalue weighted by Crippen LogP contribution is -2.24. The van der Waals surface area contributed by atoms with Gasteiger partial charge in [-0.3, -0.25) is 4.79 Å². The fourth-order valence-corrected chi connectivity index (χ4v) is 2.61. The summed E-state index contributed by atoms with van der Waals surface area (Å²) in [6.45, 7) is 0.992. The van der Waals surface area contributed by atoms with Crippen LogP contribution in [-0.4, -0.2) is 31.6 Å². The number of nitrogens with zero attached hydrogens (tertiary/aromatic N) is 2. The molecule has 0 bridgehead atoms. The molecule has 0 atom stereocenters. The van der Waals surface area contributed by atoms with Crippen molar-refractivity contribution in [1.29, 1.82) is 0 Å². The Labute approximate surface area is 151 Å². The van der Waals surface area contributed by atoms with Crippen LogP contribution in [0.3, 0.4) is 0 Å². The Morgan fingerprint density at radius 3 is 2.88 bits per heavy atom. The van der Waals surface area contributed by atoms with Crippen LogP contribution in [0.5, 0.6) is 5.75 Å². The molecule has 24 heavy (non-hydrogen) atoms. The Morgan fingerprint density at radius 1 is 1.29 bits per heavy atom. The van der Waals surface area contributed by atoms with E-state index in [1.807, 2.05) is 55.4 Å². The van der Waals surface area contributed by atoms with E-state index < -0.39 is 0 Å². The molecule has 0 radical (unpaired) electrons. The number of ether oxygens (including phenoxy) is 1. The van der Waals surface area contributed by atoms with E-state index in [0.29, 0.717) is 26.0 Å². The van der Waals surface area contributed by atoms with Crippen LogP contribution >= 0.6 is 15.9 Å². The summed E-state index contributed by atoms with van der Waals surface area (Å²) in [5.74, 6) is 1.69. The van der Waals surface area contributed by atoms with E-state index in [-0.39, 0.29) is 5.91 Å². The number of pyridine rings is 1. The van der Waals surface area contributed by atoms with E-state index >= 15 is 0 Å². The Bertz CT molecular complexity index is 677. The van der Waals surface area contributed by atoms with Gasteiger partial charge in [0.15, 0.2) is 0 Å². The van der Waals surface area contributed by atoms with Crippen molar-refractivity contribution in [3.63, 3.8) is 0 Å². The Hall–Kier alpha value is -2.08. The zero-order chi connectivity index (χ0) is 17.4. The smallest absolute Gasteiger partial charge is 0.220 e. The number of halogens is 1. The van der Waals surface area contributed by atoms with Crippen LogP contribution < -0.4 is 15.0 Å². The second-order valence-corrected chi connectivity index (χ2v) is 6.48. The van der Waals surface area contributed by atoms with E-state index in [0.717, 1.165) is 21.6 Å². The number of rotatable bonds is 8. The molecule has 0 aliphatic carbocycles. The first-order valence-electron chi connectivity index (χ1n) is 7.82. The van der Waals surface area contributed by atoms with Gasteiger partial charge >= 0.3 is 0 Å². The van der Waals surface area contributed by atoms with Gasteiger partial charge in [-0.05, 0) is 30.7 Å². The molecule has 0 aliphatic heterocycles. The monoisotopic (exact) mass is 391 g/mol. The van der Waals surface area contributed by atoms with E-state index in [1.54, 1.807) is 6.20 Å². The minimum atomic E-state index is 0.0152. The van der Waals surface area contributed by atoms with Crippen molar-refractivity contribution in [3.05, 3.63) is 52.6 Å². The predicted octanol–water partition coefficient (Wildman–Crippen LogP) is 3.39. The molecule has 2 aromatic rings. The molecule has 0 saturated carbocycles. The quantitative estimate of drug-likeness (QED) is 0.700. The number of aromatic nitrogens is 1. The molecule has 0 saturated heterocycles. The number of benzene rings is 1. The molecule has 0 spiro atoms. The van der Waals surface area contributed by atoms with Gasteiger partial charge in [-0.25, -0.2) is 4.98 Å². The maximum Gasteiger partial charge on any atom is 0.220 e. The van der Waals surface area contributed by atoms with Crippen LogP contribution in [0.15, 0.2) is 47.1 Å². The molecule has 1 aromatic carbocycles. The number of nitrogens with one attached hydrogen (secondary N) is 1. The second kappa shape index (κ2) is 9.27. The molecule has 0 unspecified atom stereocenters.